The Labute approximate surface area is 115 Å². The Hall–Kier alpha value is -0.750. The first kappa shape index (κ1) is 13.7. The van der Waals surface area contributed by atoms with Crippen molar-refractivity contribution in [3.63, 3.8) is 0 Å². The second kappa shape index (κ2) is 5.93. The second-order valence-electron chi connectivity index (χ2n) is 4.26. The average molecular weight is 284 g/mol. The van der Waals surface area contributed by atoms with E-state index in [2.05, 4.69) is 16.1 Å². The van der Waals surface area contributed by atoms with Gasteiger partial charge in [0.1, 0.15) is 10.1 Å². The lowest BCUT2D eigenvalue weighted by Gasteiger charge is -2.11. The molecule has 2 heterocycles. The minimum Gasteiger partial charge on any atom is -0.467 e. The van der Waals surface area contributed by atoms with Crippen molar-refractivity contribution < 1.29 is 9.53 Å². The van der Waals surface area contributed by atoms with E-state index in [9.17, 15) is 4.79 Å². The Bertz CT molecular complexity index is 439. The van der Waals surface area contributed by atoms with Gasteiger partial charge in [0.25, 0.3) is 0 Å². The van der Waals surface area contributed by atoms with E-state index < -0.39 is 6.04 Å². The molecule has 0 saturated heterocycles. The Balaban J connectivity index is 2.20. The molecule has 2 aliphatic rings. The van der Waals surface area contributed by atoms with Crippen LogP contribution in [0.2, 0.25) is 0 Å². The Morgan fingerprint density at radius 1 is 1.44 bits per heavy atom. The summed E-state index contributed by atoms with van der Waals surface area (Å²) in [7, 11) is 1.40. The van der Waals surface area contributed by atoms with Crippen LogP contribution < -0.4 is 0 Å². The summed E-state index contributed by atoms with van der Waals surface area (Å²) in [5, 5.41) is 1.88. The third-order valence-electron chi connectivity index (χ3n) is 2.52. The van der Waals surface area contributed by atoms with Crippen molar-refractivity contribution in [2.45, 2.75) is 25.1 Å². The first-order valence-corrected chi connectivity index (χ1v) is 7.63. The van der Waals surface area contributed by atoms with Gasteiger partial charge >= 0.3 is 5.97 Å². The number of aliphatic imine (C=N–C) groups is 2. The molecular formula is C12H16N2O2S2. The van der Waals surface area contributed by atoms with Gasteiger partial charge in [-0.05, 0) is 13.8 Å². The Morgan fingerprint density at radius 2 is 2.22 bits per heavy atom. The van der Waals surface area contributed by atoms with Crippen molar-refractivity contribution in [2.75, 3.05) is 19.4 Å². The van der Waals surface area contributed by atoms with Gasteiger partial charge in [-0.25, -0.2) is 4.79 Å². The number of carbonyl (C=O) groups is 1. The Kier molecular flexibility index (Phi) is 4.50. The largest absolute Gasteiger partial charge is 0.467 e. The average Bonchev–Trinajstić information content (AvgIpc) is 2.95. The Morgan fingerprint density at radius 3 is 2.78 bits per heavy atom. The fourth-order valence-electron chi connectivity index (χ4n) is 1.75. The summed E-state index contributed by atoms with van der Waals surface area (Å²) < 4.78 is 4.82. The third-order valence-corrected chi connectivity index (χ3v) is 4.82. The molecule has 18 heavy (non-hydrogen) atoms. The number of hydrogen-bond acceptors (Lipinski definition) is 6. The zero-order valence-corrected chi connectivity index (χ0v) is 12.3. The number of rotatable bonds is 3. The zero-order chi connectivity index (χ0) is 13.1. The highest BCUT2D eigenvalue weighted by molar-refractivity contribution is 8.25. The maximum atomic E-state index is 11.7. The van der Waals surface area contributed by atoms with Crippen LogP contribution in [0, 0.1) is 0 Å². The molecule has 0 fully saturated rings. The summed E-state index contributed by atoms with van der Waals surface area (Å²) >= 11 is 3.32. The van der Waals surface area contributed by atoms with Gasteiger partial charge in [0.2, 0.25) is 0 Å². The maximum Gasteiger partial charge on any atom is 0.332 e. The summed E-state index contributed by atoms with van der Waals surface area (Å²) in [6.07, 6.45) is 2.07. The predicted molar refractivity (Wildman–Crippen MR) is 78.8 cm³/mol. The van der Waals surface area contributed by atoms with Crippen LogP contribution >= 0.6 is 23.5 Å². The molecule has 0 N–H and O–H groups in total. The van der Waals surface area contributed by atoms with E-state index >= 15 is 0 Å². The lowest BCUT2D eigenvalue weighted by atomic mass is 10.1. The molecule has 0 aromatic heterocycles. The van der Waals surface area contributed by atoms with Crippen LogP contribution in [0.25, 0.3) is 0 Å². The van der Waals surface area contributed by atoms with E-state index in [4.69, 9.17) is 4.74 Å². The number of methoxy groups -OCH3 is 1. The normalized spacial score (nSPS) is 26.6. The van der Waals surface area contributed by atoms with Gasteiger partial charge in [-0.1, -0.05) is 23.4 Å². The predicted octanol–water partition coefficient (Wildman–Crippen LogP) is 2.15. The third kappa shape index (κ3) is 2.98. The smallest absolute Gasteiger partial charge is 0.332 e. The minimum atomic E-state index is -0.436. The maximum absolute atomic E-state index is 11.7. The summed E-state index contributed by atoms with van der Waals surface area (Å²) in [5.41, 5.74) is 1.18. The van der Waals surface area contributed by atoms with E-state index in [1.54, 1.807) is 23.5 Å². The van der Waals surface area contributed by atoms with Crippen molar-refractivity contribution in [3.05, 3.63) is 11.6 Å². The molecule has 0 aromatic rings. The van der Waals surface area contributed by atoms with Crippen molar-refractivity contribution in [1.82, 2.24) is 0 Å². The van der Waals surface area contributed by atoms with Crippen LogP contribution in [0.5, 0.6) is 0 Å². The molecule has 0 aromatic carbocycles. The van der Waals surface area contributed by atoms with Crippen LogP contribution in [-0.2, 0) is 9.53 Å². The number of hydrogen-bond donors (Lipinski definition) is 0. The van der Waals surface area contributed by atoms with Crippen molar-refractivity contribution in [1.29, 1.82) is 0 Å². The van der Waals surface area contributed by atoms with E-state index in [0.29, 0.717) is 0 Å². The molecule has 2 rings (SSSR count). The zero-order valence-electron chi connectivity index (χ0n) is 10.7. The first-order chi connectivity index (χ1) is 8.61. The van der Waals surface area contributed by atoms with Crippen molar-refractivity contribution in [3.8, 4) is 0 Å². The van der Waals surface area contributed by atoms with Gasteiger partial charge in [0, 0.05) is 12.3 Å². The van der Waals surface area contributed by atoms with E-state index in [1.165, 1.54) is 12.7 Å². The number of carbonyl (C=O) groups excluding carboxylic acids is 1. The van der Waals surface area contributed by atoms with Gasteiger partial charge in [0.05, 0.1) is 12.4 Å². The number of ether oxygens (including phenoxy) is 1. The molecule has 0 saturated carbocycles. The number of esters is 1. The molecular weight excluding hydrogens is 268 g/mol. The van der Waals surface area contributed by atoms with Gasteiger partial charge in [-0.3, -0.25) is 9.98 Å². The van der Waals surface area contributed by atoms with Crippen LogP contribution in [-0.4, -0.2) is 46.8 Å². The van der Waals surface area contributed by atoms with Crippen LogP contribution in [0.4, 0.5) is 0 Å². The van der Waals surface area contributed by atoms with E-state index in [0.717, 1.165) is 22.4 Å². The second-order valence-corrected chi connectivity index (χ2v) is 6.51. The van der Waals surface area contributed by atoms with Crippen LogP contribution in [0.15, 0.2) is 21.6 Å². The number of allylic oxidation sites excluding steroid dienone is 1. The molecule has 6 heteroatoms. The van der Waals surface area contributed by atoms with Gasteiger partial charge < -0.3 is 4.74 Å². The fraction of sp³-hybridized carbons (Fsp3) is 0.583. The molecule has 0 aliphatic carbocycles. The van der Waals surface area contributed by atoms with Crippen LogP contribution in [0.1, 0.15) is 13.8 Å². The van der Waals surface area contributed by atoms with Gasteiger partial charge in [-0.2, -0.15) is 0 Å². The number of thioether (sulfide) groups is 2. The lowest BCUT2D eigenvalue weighted by Crippen LogP contribution is -2.27. The highest BCUT2D eigenvalue weighted by atomic mass is 32.2. The SMILES string of the molecule is COC(=O)C1N=C(C2=NCCS2)SC1C=C(C)C. The highest BCUT2D eigenvalue weighted by Crippen LogP contribution is 2.33. The topological polar surface area (TPSA) is 51.0 Å². The summed E-state index contributed by atoms with van der Waals surface area (Å²) in [5.74, 6) is 0.731. The molecule has 2 unspecified atom stereocenters. The molecule has 2 aliphatic heterocycles. The standard InChI is InChI=1S/C12H16N2O2S2/c1-7(2)6-8-9(12(15)16-3)14-11(18-8)10-13-4-5-17-10/h6,8-9H,4-5H2,1-3H3. The van der Waals surface area contributed by atoms with Gasteiger partial charge in [0.15, 0.2) is 6.04 Å². The van der Waals surface area contributed by atoms with E-state index in [-0.39, 0.29) is 11.2 Å². The van der Waals surface area contributed by atoms with E-state index in [1.807, 2.05) is 13.8 Å². The lowest BCUT2D eigenvalue weighted by molar-refractivity contribution is -0.141. The molecule has 0 spiro atoms. The molecule has 0 bridgehead atoms. The molecule has 2 atom stereocenters. The summed E-state index contributed by atoms with van der Waals surface area (Å²) in [4.78, 5) is 20.6. The van der Waals surface area contributed by atoms with Crippen molar-refractivity contribution in [2.24, 2.45) is 9.98 Å². The monoisotopic (exact) mass is 284 g/mol. The molecule has 0 amide bonds. The van der Waals surface area contributed by atoms with Crippen molar-refractivity contribution >= 4 is 39.6 Å². The molecule has 98 valence electrons. The van der Waals surface area contributed by atoms with Gasteiger partial charge in [-0.15, -0.1) is 11.8 Å². The summed E-state index contributed by atoms with van der Waals surface area (Å²) in [6, 6.07) is -0.436. The quantitative estimate of drug-likeness (QED) is 0.588. The highest BCUT2D eigenvalue weighted by Gasteiger charge is 2.36. The first-order valence-electron chi connectivity index (χ1n) is 5.76. The summed E-state index contributed by atoms with van der Waals surface area (Å²) in [6.45, 7) is 4.89. The molecule has 0 radical (unpaired) electrons. The molecule has 4 nitrogen and oxygen atoms in total. The van der Waals surface area contributed by atoms with Crippen LogP contribution in [0.3, 0.4) is 0 Å². The number of nitrogens with zero attached hydrogens (tertiary/aromatic N) is 2. The fourth-order valence-corrected chi connectivity index (χ4v) is 4.05. The minimum absolute atomic E-state index is 0.0290.